The first-order valence-corrected chi connectivity index (χ1v) is 12.9. The van der Waals surface area contributed by atoms with Crippen molar-refractivity contribution in [1.29, 1.82) is 5.26 Å². The molecule has 2 aromatic rings. The van der Waals surface area contributed by atoms with E-state index in [4.69, 9.17) is 0 Å². The van der Waals surface area contributed by atoms with Gasteiger partial charge in [-0.1, -0.05) is 53.3 Å². The van der Waals surface area contributed by atoms with E-state index >= 15 is 0 Å². The zero-order valence-corrected chi connectivity index (χ0v) is 21.0. The molecule has 31 heavy (non-hydrogen) atoms. The molecule has 0 bridgehead atoms. The largest absolute Gasteiger partial charge is 0.316 e. The lowest BCUT2D eigenvalue weighted by Gasteiger charge is -2.33. The van der Waals surface area contributed by atoms with Crippen LogP contribution < -0.4 is 5.32 Å². The van der Waals surface area contributed by atoms with Gasteiger partial charge in [0.15, 0.2) is 5.16 Å². The molecule has 0 saturated carbocycles. The molecule has 0 saturated heterocycles. The smallest absolute Gasteiger partial charge is 0.235 e. The number of nitriles is 1. The lowest BCUT2D eigenvalue weighted by atomic mass is 9.72. The van der Waals surface area contributed by atoms with Crippen molar-refractivity contribution < 1.29 is 4.79 Å². The maximum atomic E-state index is 12.7. The molecule has 1 aliphatic rings. The Kier molecular flexibility index (Phi) is 7.48. The first-order valence-electron chi connectivity index (χ1n) is 11.1. The summed E-state index contributed by atoms with van der Waals surface area (Å²) < 4.78 is 2.11. The number of hydrogen-bond acceptors (Lipinski definition) is 6. The second kappa shape index (κ2) is 9.74. The average Bonchev–Trinajstić information content (AvgIpc) is 3.25. The number of hydrogen-bond donors (Lipinski definition) is 1. The number of carbonyl (C=O) groups is 1. The Hall–Kier alpha value is -1.85. The van der Waals surface area contributed by atoms with Gasteiger partial charge in [0.25, 0.3) is 0 Å². The number of amides is 1. The molecule has 1 unspecified atom stereocenters. The van der Waals surface area contributed by atoms with Crippen LogP contribution in [-0.2, 0) is 24.2 Å². The zero-order chi connectivity index (χ0) is 22.8. The third-order valence-corrected chi connectivity index (χ3v) is 8.03. The van der Waals surface area contributed by atoms with E-state index in [0.717, 1.165) is 48.8 Å². The number of fused-ring (bicyclic) bond motifs is 1. The molecule has 1 atom stereocenters. The van der Waals surface area contributed by atoms with E-state index in [1.54, 1.807) is 11.3 Å². The molecular formula is C23H33N5OS2. The topological polar surface area (TPSA) is 83.6 Å². The summed E-state index contributed by atoms with van der Waals surface area (Å²) >= 11 is 2.98. The van der Waals surface area contributed by atoms with Crippen LogP contribution in [0.4, 0.5) is 5.00 Å². The van der Waals surface area contributed by atoms with E-state index in [0.29, 0.717) is 16.5 Å². The van der Waals surface area contributed by atoms with Crippen molar-refractivity contribution in [2.75, 3.05) is 11.1 Å². The monoisotopic (exact) mass is 459 g/mol. The molecule has 6 nitrogen and oxygen atoms in total. The predicted molar refractivity (Wildman–Crippen MR) is 128 cm³/mol. The normalized spacial score (nSPS) is 16.3. The Morgan fingerprint density at radius 2 is 2.13 bits per heavy atom. The first kappa shape index (κ1) is 23.8. The minimum absolute atomic E-state index is 0.107. The maximum Gasteiger partial charge on any atom is 0.235 e. The second-order valence-corrected chi connectivity index (χ2v) is 11.7. The highest BCUT2D eigenvalue weighted by Gasteiger charge is 2.32. The summed E-state index contributed by atoms with van der Waals surface area (Å²) in [5, 5.41) is 22.8. The van der Waals surface area contributed by atoms with Crippen molar-refractivity contribution in [2.24, 2.45) is 11.3 Å². The number of anilines is 1. The number of rotatable bonds is 7. The Bertz CT molecular complexity index is 977. The SMILES string of the molecule is CCCn1c(SCC(=O)Nc2sc3c(c2C#N)CCC(C(C)(C)C)C3)nnc1C(C)C. The van der Waals surface area contributed by atoms with Gasteiger partial charge in [-0.15, -0.1) is 21.5 Å². The minimum Gasteiger partial charge on any atom is -0.316 e. The van der Waals surface area contributed by atoms with Crippen molar-refractivity contribution in [1.82, 2.24) is 14.8 Å². The number of thiophene rings is 1. The molecule has 2 heterocycles. The van der Waals surface area contributed by atoms with Crippen LogP contribution in [-0.4, -0.2) is 26.4 Å². The van der Waals surface area contributed by atoms with E-state index in [-0.39, 0.29) is 23.0 Å². The number of nitrogens with one attached hydrogen (secondary N) is 1. The highest BCUT2D eigenvalue weighted by atomic mass is 32.2. The highest BCUT2D eigenvalue weighted by molar-refractivity contribution is 7.99. The van der Waals surface area contributed by atoms with E-state index in [9.17, 15) is 10.1 Å². The lowest BCUT2D eigenvalue weighted by Crippen LogP contribution is -2.26. The number of nitrogens with zero attached hydrogens (tertiary/aromatic N) is 4. The van der Waals surface area contributed by atoms with Crippen molar-refractivity contribution in [3.05, 3.63) is 21.8 Å². The van der Waals surface area contributed by atoms with E-state index in [1.807, 2.05) is 0 Å². The summed E-state index contributed by atoms with van der Waals surface area (Å²) in [5.74, 6) is 1.98. The molecule has 8 heteroatoms. The van der Waals surface area contributed by atoms with Gasteiger partial charge in [-0.3, -0.25) is 4.79 Å². The zero-order valence-electron chi connectivity index (χ0n) is 19.4. The van der Waals surface area contributed by atoms with Gasteiger partial charge in [0.1, 0.15) is 16.9 Å². The van der Waals surface area contributed by atoms with Crippen molar-refractivity contribution in [2.45, 2.75) is 84.8 Å². The highest BCUT2D eigenvalue weighted by Crippen LogP contribution is 2.44. The molecule has 3 rings (SSSR count). The van der Waals surface area contributed by atoms with Crippen LogP contribution in [0.1, 0.15) is 82.1 Å². The van der Waals surface area contributed by atoms with Crippen molar-refractivity contribution >= 4 is 34.0 Å². The second-order valence-electron chi connectivity index (χ2n) is 9.61. The maximum absolute atomic E-state index is 12.7. The van der Waals surface area contributed by atoms with Crippen LogP contribution in [0.5, 0.6) is 0 Å². The van der Waals surface area contributed by atoms with Crippen LogP contribution in [0.25, 0.3) is 0 Å². The molecule has 0 aliphatic heterocycles. The van der Waals surface area contributed by atoms with E-state index < -0.39 is 0 Å². The third kappa shape index (κ3) is 5.32. The van der Waals surface area contributed by atoms with Gasteiger partial charge in [-0.25, -0.2) is 0 Å². The lowest BCUT2D eigenvalue weighted by molar-refractivity contribution is -0.113. The van der Waals surface area contributed by atoms with Gasteiger partial charge in [-0.2, -0.15) is 5.26 Å². The molecule has 168 valence electrons. The Morgan fingerprint density at radius 3 is 2.74 bits per heavy atom. The molecule has 2 aromatic heterocycles. The van der Waals surface area contributed by atoms with Crippen molar-refractivity contribution in [3.63, 3.8) is 0 Å². The molecular weight excluding hydrogens is 426 g/mol. The Morgan fingerprint density at radius 1 is 1.39 bits per heavy atom. The van der Waals surface area contributed by atoms with Crippen LogP contribution in [0.15, 0.2) is 5.16 Å². The Balaban J connectivity index is 1.70. The summed E-state index contributed by atoms with van der Waals surface area (Å²) in [5.41, 5.74) is 2.04. The number of thioether (sulfide) groups is 1. The molecule has 1 N–H and O–H groups in total. The first-order chi connectivity index (χ1) is 14.7. The number of aromatic nitrogens is 3. The van der Waals surface area contributed by atoms with Crippen molar-refractivity contribution in [3.8, 4) is 6.07 Å². The molecule has 0 spiro atoms. The van der Waals surface area contributed by atoms with Gasteiger partial charge in [0, 0.05) is 17.3 Å². The quantitative estimate of drug-likeness (QED) is 0.543. The van der Waals surface area contributed by atoms with Gasteiger partial charge < -0.3 is 9.88 Å². The van der Waals surface area contributed by atoms with Gasteiger partial charge in [-0.05, 0) is 42.6 Å². The summed E-state index contributed by atoms with van der Waals surface area (Å²) in [7, 11) is 0. The van der Waals surface area contributed by atoms with Gasteiger partial charge >= 0.3 is 0 Å². The predicted octanol–water partition coefficient (Wildman–Crippen LogP) is 5.63. The molecule has 0 fully saturated rings. The van der Waals surface area contributed by atoms with Crippen LogP contribution in [0.3, 0.4) is 0 Å². The summed E-state index contributed by atoms with van der Waals surface area (Å²) in [4.78, 5) is 14.0. The number of carbonyl (C=O) groups excluding carboxylic acids is 1. The fourth-order valence-corrected chi connectivity index (χ4v) is 6.16. The molecule has 1 amide bonds. The standard InChI is InChI=1S/C23H33N5OS2/c1-7-10-28-20(14(2)3)26-27-22(28)30-13-19(29)25-21-17(12-24)16-9-8-15(23(4,5)6)11-18(16)31-21/h14-15H,7-11,13H2,1-6H3,(H,25,29). The molecule has 1 aliphatic carbocycles. The van der Waals surface area contributed by atoms with Gasteiger partial charge in [0.05, 0.1) is 11.3 Å². The third-order valence-electron chi connectivity index (χ3n) is 5.90. The fraction of sp³-hybridized carbons (Fsp3) is 0.652. The van der Waals surface area contributed by atoms with Gasteiger partial charge in [0.2, 0.25) is 5.91 Å². The van der Waals surface area contributed by atoms with Crippen LogP contribution in [0.2, 0.25) is 0 Å². The van der Waals surface area contributed by atoms with E-state index in [2.05, 4.69) is 67.7 Å². The molecule has 0 aromatic carbocycles. The summed E-state index contributed by atoms with van der Waals surface area (Å²) in [6, 6.07) is 2.34. The van der Waals surface area contributed by atoms with Crippen LogP contribution in [0, 0.1) is 22.7 Å². The summed E-state index contributed by atoms with van der Waals surface area (Å²) in [6.07, 6.45) is 3.98. The van der Waals surface area contributed by atoms with E-state index in [1.165, 1.54) is 16.6 Å². The average molecular weight is 460 g/mol. The minimum atomic E-state index is -0.107. The fourth-order valence-electron chi connectivity index (χ4n) is 4.09. The summed E-state index contributed by atoms with van der Waals surface area (Å²) in [6.45, 7) is 14.0. The Labute approximate surface area is 193 Å². The van der Waals surface area contributed by atoms with Crippen LogP contribution >= 0.6 is 23.1 Å². The molecule has 0 radical (unpaired) electrons.